The van der Waals surface area contributed by atoms with Crippen molar-refractivity contribution >= 4 is 44.4 Å². The average molecular weight is 682 g/mol. The summed E-state index contributed by atoms with van der Waals surface area (Å²) in [5, 5.41) is 0.476. The summed E-state index contributed by atoms with van der Waals surface area (Å²) in [5.74, 6) is -12.0. The van der Waals surface area contributed by atoms with Crippen molar-refractivity contribution in [2.45, 2.75) is 40.4 Å². The van der Waals surface area contributed by atoms with E-state index in [9.17, 15) is 34.9 Å². The molecule has 232 valence electrons. The second-order valence-corrected chi connectivity index (χ2v) is 15.2. The van der Waals surface area contributed by atoms with Gasteiger partial charge >= 0.3 is 0 Å². The van der Waals surface area contributed by atoms with Gasteiger partial charge in [0.05, 0.1) is 10.0 Å². The third kappa shape index (κ3) is 6.04. The molecule has 5 rings (SSSR count). The van der Waals surface area contributed by atoms with Crippen molar-refractivity contribution in [1.29, 1.82) is 0 Å². The van der Waals surface area contributed by atoms with E-state index in [2.05, 4.69) is 4.90 Å². The number of nitrogens with zero attached hydrogens (tertiary/aromatic N) is 2. The summed E-state index contributed by atoms with van der Waals surface area (Å²) in [6.07, 6.45) is 1.97. The van der Waals surface area contributed by atoms with E-state index in [1.807, 2.05) is 24.3 Å². The van der Waals surface area contributed by atoms with Crippen molar-refractivity contribution in [2.75, 3.05) is 39.0 Å². The van der Waals surface area contributed by atoms with Crippen molar-refractivity contribution in [3.63, 3.8) is 0 Å². The van der Waals surface area contributed by atoms with Crippen LogP contribution in [0.1, 0.15) is 36.3 Å². The molecular weight excluding hydrogens is 654 g/mol. The zero-order valence-electron chi connectivity index (χ0n) is 22.9. The smallest absolute Gasteiger partial charge is 0.248 e. The van der Waals surface area contributed by atoms with Gasteiger partial charge in [-0.1, -0.05) is 47.5 Å². The SMILES string of the molecule is CN(CC(CCN1CCC2(CC1)C[S+]([O-])c1ccccc12)c1ccc(Cl)c(Cl)c1)S(=O)(=O)c1c(F)c(F)c(F)c(F)c1F. The van der Waals surface area contributed by atoms with Crippen molar-refractivity contribution in [3.8, 4) is 0 Å². The number of piperidine rings is 1. The van der Waals surface area contributed by atoms with Crippen LogP contribution in [-0.4, -0.2) is 61.2 Å². The van der Waals surface area contributed by atoms with E-state index in [1.54, 1.807) is 12.1 Å². The molecule has 2 aliphatic rings. The molecule has 2 atom stereocenters. The minimum Gasteiger partial charge on any atom is -0.611 e. The van der Waals surface area contributed by atoms with Crippen molar-refractivity contribution in [3.05, 3.63) is 92.7 Å². The van der Waals surface area contributed by atoms with Crippen LogP contribution in [0.15, 0.2) is 52.3 Å². The zero-order valence-corrected chi connectivity index (χ0v) is 26.0. The highest BCUT2D eigenvalue weighted by molar-refractivity contribution is 7.91. The van der Waals surface area contributed by atoms with Gasteiger partial charge in [-0.25, -0.2) is 34.7 Å². The number of sulfonamides is 1. The van der Waals surface area contributed by atoms with Crippen molar-refractivity contribution in [2.24, 2.45) is 0 Å². The van der Waals surface area contributed by atoms with Gasteiger partial charge in [-0.15, -0.1) is 0 Å². The van der Waals surface area contributed by atoms with E-state index in [-0.39, 0.29) is 22.0 Å². The van der Waals surface area contributed by atoms with Gasteiger partial charge in [0.2, 0.25) is 15.8 Å². The van der Waals surface area contributed by atoms with Gasteiger partial charge in [0.25, 0.3) is 0 Å². The van der Waals surface area contributed by atoms with Crippen LogP contribution in [0.3, 0.4) is 0 Å². The van der Waals surface area contributed by atoms with Crippen LogP contribution < -0.4 is 0 Å². The molecule has 0 amide bonds. The highest BCUT2D eigenvalue weighted by Gasteiger charge is 2.48. The van der Waals surface area contributed by atoms with Gasteiger partial charge in [0, 0.05) is 24.6 Å². The first-order valence-electron chi connectivity index (χ1n) is 13.4. The highest BCUT2D eigenvalue weighted by atomic mass is 35.5. The van der Waals surface area contributed by atoms with Crippen LogP contribution in [0.4, 0.5) is 22.0 Å². The van der Waals surface area contributed by atoms with Gasteiger partial charge in [-0.3, -0.25) is 0 Å². The maximum absolute atomic E-state index is 14.5. The Morgan fingerprint density at radius 3 is 2.19 bits per heavy atom. The summed E-state index contributed by atoms with van der Waals surface area (Å²) in [5.41, 5.74) is 1.55. The molecule has 0 aromatic heterocycles. The summed E-state index contributed by atoms with van der Waals surface area (Å²) in [7, 11) is -4.13. The second-order valence-electron chi connectivity index (χ2n) is 11.0. The maximum Gasteiger partial charge on any atom is 0.248 e. The van der Waals surface area contributed by atoms with Crippen LogP contribution >= 0.6 is 23.2 Å². The molecule has 3 aromatic carbocycles. The van der Waals surface area contributed by atoms with Crippen LogP contribution in [0.25, 0.3) is 0 Å². The van der Waals surface area contributed by atoms with Crippen molar-refractivity contribution in [1.82, 2.24) is 9.21 Å². The molecular formula is C29H27Cl2F5N2O3S2. The molecule has 0 aliphatic carbocycles. The number of hydrogen-bond acceptors (Lipinski definition) is 4. The van der Waals surface area contributed by atoms with E-state index >= 15 is 0 Å². The average Bonchev–Trinajstić information content (AvgIpc) is 3.26. The lowest BCUT2D eigenvalue weighted by Crippen LogP contribution is -2.44. The van der Waals surface area contributed by atoms with Gasteiger partial charge in [0.15, 0.2) is 33.1 Å². The summed E-state index contributed by atoms with van der Waals surface area (Å²) in [6.45, 7) is 1.59. The molecule has 0 radical (unpaired) electrons. The fraction of sp³-hybridized carbons (Fsp3) is 0.379. The number of likely N-dealkylation sites (N-methyl/N-ethyl adjacent to an activating group) is 1. The number of hydrogen-bond donors (Lipinski definition) is 0. The Hall–Kier alpha value is -1.93. The fourth-order valence-corrected chi connectivity index (χ4v) is 9.46. The quantitative estimate of drug-likeness (QED) is 0.116. The number of likely N-dealkylation sites (tertiary alicyclic amines) is 1. The Morgan fingerprint density at radius 1 is 0.953 bits per heavy atom. The van der Waals surface area contributed by atoms with E-state index in [0.29, 0.717) is 41.7 Å². The van der Waals surface area contributed by atoms with Gasteiger partial charge < -0.3 is 9.45 Å². The zero-order chi connectivity index (χ0) is 31.3. The van der Waals surface area contributed by atoms with Crippen LogP contribution in [0.5, 0.6) is 0 Å². The van der Waals surface area contributed by atoms with E-state index in [1.165, 1.54) is 6.07 Å². The number of fused-ring (bicyclic) bond motifs is 2. The largest absolute Gasteiger partial charge is 0.611 e. The molecule has 2 unspecified atom stereocenters. The monoisotopic (exact) mass is 680 g/mol. The molecule has 2 heterocycles. The summed E-state index contributed by atoms with van der Waals surface area (Å²) in [6, 6.07) is 12.5. The van der Waals surface area contributed by atoms with Crippen LogP contribution in [0.2, 0.25) is 10.0 Å². The Kier molecular flexibility index (Phi) is 9.41. The number of rotatable bonds is 8. The fourth-order valence-electron chi connectivity index (χ4n) is 5.97. The van der Waals surface area contributed by atoms with Gasteiger partial charge in [-0.2, -0.15) is 0 Å². The first kappa shape index (κ1) is 32.5. The third-order valence-corrected chi connectivity index (χ3v) is 12.7. The molecule has 0 saturated carbocycles. The standard InChI is InChI=1S/C29H27Cl2F5N2O3S2/c1-37(43(40,41)28-26(35)24(33)23(32)25(34)27(28)36)15-18(17-6-7-20(30)21(31)14-17)8-11-38-12-9-29(10-13-38)16-42(39)22-5-3-2-4-19(22)29/h2-7,14,18H,8-13,15-16H2,1H3. The Bertz CT molecular complexity index is 1630. The predicted molar refractivity (Wildman–Crippen MR) is 155 cm³/mol. The summed E-state index contributed by atoms with van der Waals surface area (Å²) in [4.78, 5) is 1.18. The molecule has 14 heteroatoms. The molecule has 43 heavy (non-hydrogen) atoms. The van der Waals surface area contributed by atoms with E-state index < -0.39 is 61.1 Å². The lowest BCUT2D eigenvalue weighted by atomic mass is 9.74. The lowest BCUT2D eigenvalue weighted by molar-refractivity contribution is 0.165. The van der Waals surface area contributed by atoms with E-state index in [4.69, 9.17) is 23.2 Å². The van der Waals surface area contributed by atoms with Crippen molar-refractivity contribution < 1.29 is 34.9 Å². The normalized spacial score (nSPS) is 19.3. The van der Waals surface area contributed by atoms with E-state index in [0.717, 1.165) is 30.3 Å². The number of benzene rings is 3. The molecule has 1 fully saturated rings. The maximum atomic E-state index is 14.5. The molecule has 5 nitrogen and oxygen atoms in total. The molecule has 0 N–H and O–H groups in total. The predicted octanol–water partition coefficient (Wildman–Crippen LogP) is 6.64. The Labute approximate surface area is 259 Å². The third-order valence-electron chi connectivity index (χ3n) is 8.45. The first-order chi connectivity index (χ1) is 20.3. The Balaban J connectivity index is 1.35. The second kappa shape index (κ2) is 12.5. The first-order valence-corrected chi connectivity index (χ1v) is 16.9. The molecule has 0 bridgehead atoms. The van der Waals surface area contributed by atoms with Gasteiger partial charge in [-0.05, 0) is 79.8 Å². The summed E-state index contributed by atoms with van der Waals surface area (Å²) < 4.78 is 110. The van der Waals surface area contributed by atoms with Gasteiger partial charge in [0.1, 0.15) is 5.75 Å². The van der Waals surface area contributed by atoms with Crippen LogP contribution in [0, 0.1) is 29.1 Å². The lowest BCUT2D eigenvalue weighted by Gasteiger charge is -2.38. The molecule has 3 aromatic rings. The minimum absolute atomic E-state index is 0.163. The molecule has 1 saturated heterocycles. The molecule has 2 aliphatic heterocycles. The summed E-state index contributed by atoms with van der Waals surface area (Å²) >= 11 is 11.2. The van der Waals surface area contributed by atoms with Crippen LogP contribution in [-0.2, 0) is 26.6 Å². The highest BCUT2D eigenvalue weighted by Crippen LogP contribution is 2.46. The minimum atomic E-state index is -5.14. The topological polar surface area (TPSA) is 63.7 Å². The Morgan fingerprint density at radius 2 is 1.56 bits per heavy atom. The number of halogens is 7. The molecule has 1 spiro atoms.